The Balaban J connectivity index is 1.93. The molecule has 1 aromatic heterocycles. The molecule has 20 heavy (non-hydrogen) atoms. The molecule has 0 saturated carbocycles. The molecule has 3 heteroatoms. The lowest BCUT2D eigenvalue weighted by atomic mass is 10.1. The standard InChI is InChI=1S/C17H25N3/c1-3-20(4-2)14-17-8-6-5-7-16(17)13-19-12-15-9-10-18-11-15/h5-11,18-19H,3-4,12-14H2,1-2H3. The Hall–Kier alpha value is -1.58. The number of benzene rings is 1. The first-order chi connectivity index (χ1) is 9.83. The first kappa shape index (κ1) is 14.8. The van der Waals surface area contributed by atoms with E-state index in [1.807, 2.05) is 12.4 Å². The van der Waals surface area contributed by atoms with Crippen LogP contribution in [-0.2, 0) is 19.6 Å². The van der Waals surface area contributed by atoms with Crippen LogP contribution in [0, 0.1) is 0 Å². The average molecular weight is 271 g/mol. The molecule has 3 nitrogen and oxygen atoms in total. The molecule has 0 amide bonds. The highest BCUT2D eigenvalue weighted by Gasteiger charge is 2.05. The Bertz CT molecular complexity index is 487. The molecule has 2 rings (SSSR count). The zero-order valence-corrected chi connectivity index (χ0v) is 12.5. The van der Waals surface area contributed by atoms with Gasteiger partial charge in [-0.15, -0.1) is 0 Å². The van der Waals surface area contributed by atoms with E-state index in [0.717, 1.165) is 32.7 Å². The van der Waals surface area contributed by atoms with Gasteiger partial charge in [-0.2, -0.15) is 0 Å². The number of aromatic amines is 1. The van der Waals surface area contributed by atoms with E-state index in [1.54, 1.807) is 0 Å². The summed E-state index contributed by atoms with van der Waals surface area (Å²) >= 11 is 0. The Morgan fingerprint density at radius 2 is 1.75 bits per heavy atom. The zero-order valence-electron chi connectivity index (χ0n) is 12.5. The second kappa shape index (κ2) is 7.88. The molecular formula is C17H25N3. The highest BCUT2D eigenvalue weighted by Crippen LogP contribution is 2.12. The largest absolute Gasteiger partial charge is 0.367 e. The number of nitrogens with zero attached hydrogens (tertiary/aromatic N) is 1. The molecular weight excluding hydrogens is 246 g/mol. The van der Waals surface area contributed by atoms with Gasteiger partial charge in [0.1, 0.15) is 0 Å². The second-order valence-electron chi connectivity index (χ2n) is 5.05. The summed E-state index contributed by atoms with van der Waals surface area (Å²) in [6.45, 7) is 9.50. The summed E-state index contributed by atoms with van der Waals surface area (Å²) in [5.74, 6) is 0. The van der Waals surface area contributed by atoms with Crippen LogP contribution in [0.1, 0.15) is 30.5 Å². The van der Waals surface area contributed by atoms with E-state index in [-0.39, 0.29) is 0 Å². The molecule has 0 aliphatic rings. The van der Waals surface area contributed by atoms with E-state index in [9.17, 15) is 0 Å². The fraction of sp³-hybridized carbons (Fsp3) is 0.412. The monoisotopic (exact) mass is 271 g/mol. The molecule has 0 saturated heterocycles. The smallest absolute Gasteiger partial charge is 0.0236 e. The van der Waals surface area contributed by atoms with E-state index < -0.39 is 0 Å². The van der Waals surface area contributed by atoms with Crippen molar-refractivity contribution in [3.05, 3.63) is 59.4 Å². The van der Waals surface area contributed by atoms with Gasteiger partial charge in [0.05, 0.1) is 0 Å². The summed E-state index contributed by atoms with van der Waals surface area (Å²) in [7, 11) is 0. The van der Waals surface area contributed by atoms with E-state index >= 15 is 0 Å². The van der Waals surface area contributed by atoms with Crippen molar-refractivity contribution in [2.45, 2.75) is 33.5 Å². The molecule has 2 N–H and O–H groups in total. The molecule has 0 atom stereocenters. The number of hydrogen-bond donors (Lipinski definition) is 2. The van der Waals surface area contributed by atoms with Gasteiger partial charge in [0.2, 0.25) is 0 Å². The van der Waals surface area contributed by atoms with Crippen LogP contribution in [0.2, 0.25) is 0 Å². The third-order valence-corrected chi connectivity index (χ3v) is 3.71. The van der Waals surface area contributed by atoms with Crippen LogP contribution in [-0.4, -0.2) is 23.0 Å². The second-order valence-corrected chi connectivity index (χ2v) is 5.05. The Kier molecular flexibility index (Phi) is 5.84. The highest BCUT2D eigenvalue weighted by atomic mass is 15.1. The van der Waals surface area contributed by atoms with Crippen molar-refractivity contribution in [2.24, 2.45) is 0 Å². The van der Waals surface area contributed by atoms with Crippen molar-refractivity contribution >= 4 is 0 Å². The van der Waals surface area contributed by atoms with Gasteiger partial charge in [0.25, 0.3) is 0 Å². The predicted molar refractivity (Wildman–Crippen MR) is 84.4 cm³/mol. The maximum Gasteiger partial charge on any atom is 0.0236 e. The molecule has 1 heterocycles. The Morgan fingerprint density at radius 3 is 2.40 bits per heavy atom. The van der Waals surface area contributed by atoms with Crippen LogP contribution in [0.3, 0.4) is 0 Å². The molecule has 0 unspecified atom stereocenters. The van der Waals surface area contributed by atoms with Gasteiger partial charge >= 0.3 is 0 Å². The van der Waals surface area contributed by atoms with Gasteiger partial charge in [-0.05, 0) is 35.8 Å². The van der Waals surface area contributed by atoms with Crippen molar-refractivity contribution in [1.29, 1.82) is 0 Å². The lowest BCUT2D eigenvalue weighted by Crippen LogP contribution is -2.23. The topological polar surface area (TPSA) is 31.1 Å². The minimum Gasteiger partial charge on any atom is -0.367 e. The fourth-order valence-corrected chi connectivity index (χ4v) is 2.38. The van der Waals surface area contributed by atoms with Gasteiger partial charge in [-0.3, -0.25) is 4.90 Å². The van der Waals surface area contributed by atoms with E-state index in [0.29, 0.717) is 0 Å². The first-order valence-corrected chi connectivity index (χ1v) is 7.45. The number of rotatable bonds is 8. The number of aromatic nitrogens is 1. The molecule has 0 aliphatic heterocycles. The van der Waals surface area contributed by atoms with Crippen LogP contribution in [0.5, 0.6) is 0 Å². The van der Waals surface area contributed by atoms with Crippen LogP contribution >= 0.6 is 0 Å². The summed E-state index contributed by atoms with van der Waals surface area (Å²) in [5, 5.41) is 3.52. The number of hydrogen-bond acceptors (Lipinski definition) is 2. The van der Waals surface area contributed by atoms with E-state index in [1.165, 1.54) is 16.7 Å². The van der Waals surface area contributed by atoms with Gasteiger partial charge in [-0.25, -0.2) is 0 Å². The highest BCUT2D eigenvalue weighted by molar-refractivity contribution is 5.27. The van der Waals surface area contributed by atoms with Crippen LogP contribution in [0.4, 0.5) is 0 Å². The molecule has 0 spiro atoms. The van der Waals surface area contributed by atoms with Crippen molar-refractivity contribution in [1.82, 2.24) is 15.2 Å². The van der Waals surface area contributed by atoms with Gasteiger partial charge in [-0.1, -0.05) is 38.1 Å². The van der Waals surface area contributed by atoms with Crippen molar-refractivity contribution in [3.63, 3.8) is 0 Å². The normalized spacial score (nSPS) is 11.2. The quantitative estimate of drug-likeness (QED) is 0.773. The minimum absolute atomic E-state index is 0.906. The van der Waals surface area contributed by atoms with Gasteiger partial charge < -0.3 is 10.3 Å². The lowest BCUT2D eigenvalue weighted by Gasteiger charge is -2.20. The third-order valence-electron chi connectivity index (χ3n) is 3.71. The van der Waals surface area contributed by atoms with Gasteiger partial charge in [0, 0.05) is 32.0 Å². The maximum absolute atomic E-state index is 3.52. The van der Waals surface area contributed by atoms with Crippen LogP contribution in [0.15, 0.2) is 42.7 Å². The molecule has 108 valence electrons. The van der Waals surface area contributed by atoms with Crippen molar-refractivity contribution < 1.29 is 0 Å². The summed E-state index contributed by atoms with van der Waals surface area (Å²) in [6.07, 6.45) is 4.00. The minimum atomic E-state index is 0.906. The zero-order chi connectivity index (χ0) is 14.2. The summed E-state index contributed by atoms with van der Waals surface area (Å²) < 4.78 is 0. The lowest BCUT2D eigenvalue weighted by molar-refractivity contribution is 0.294. The average Bonchev–Trinajstić information content (AvgIpc) is 2.99. The molecule has 2 aromatic rings. The van der Waals surface area contributed by atoms with E-state index in [4.69, 9.17) is 0 Å². The summed E-state index contributed by atoms with van der Waals surface area (Å²) in [4.78, 5) is 5.53. The number of H-pyrrole nitrogens is 1. The van der Waals surface area contributed by atoms with Crippen LogP contribution in [0.25, 0.3) is 0 Å². The molecule has 0 radical (unpaired) electrons. The molecule has 0 aliphatic carbocycles. The summed E-state index contributed by atoms with van der Waals surface area (Å²) in [5.41, 5.74) is 4.12. The molecule has 1 aromatic carbocycles. The summed E-state index contributed by atoms with van der Waals surface area (Å²) in [6, 6.07) is 10.8. The maximum atomic E-state index is 3.52. The number of nitrogens with one attached hydrogen (secondary N) is 2. The van der Waals surface area contributed by atoms with E-state index in [2.05, 4.69) is 59.4 Å². The molecule has 0 fully saturated rings. The Morgan fingerprint density at radius 1 is 1.00 bits per heavy atom. The Labute approximate surface area is 122 Å². The fourth-order valence-electron chi connectivity index (χ4n) is 2.38. The van der Waals surface area contributed by atoms with Crippen molar-refractivity contribution in [3.8, 4) is 0 Å². The van der Waals surface area contributed by atoms with Crippen molar-refractivity contribution in [2.75, 3.05) is 13.1 Å². The van der Waals surface area contributed by atoms with Crippen LogP contribution < -0.4 is 5.32 Å². The SMILES string of the molecule is CCN(CC)Cc1ccccc1CNCc1cc[nH]c1. The molecule has 0 bridgehead atoms. The van der Waals surface area contributed by atoms with Gasteiger partial charge in [0.15, 0.2) is 0 Å². The third kappa shape index (κ3) is 4.22. The first-order valence-electron chi connectivity index (χ1n) is 7.45. The predicted octanol–water partition coefficient (Wildman–Crippen LogP) is 3.15.